The molecule has 0 aliphatic rings. The van der Waals surface area contributed by atoms with Gasteiger partial charge in [0.05, 0.1) is 18.5 Å². The average molecular weight is 410 g/mol. The summed E-state index contributed by atoms with van der Waals surface area (Å²) in [6.07, 6.45) is 0. The minimum Gasteiger partial charge on any atom is -0.497 e. The third-order valence-corrected chi connectivity index (χ3v) is 6.14. The number of aryl methyl sites for hydroxylation is 2. The molecule has 0 saturated heterocycles. The Morgan fingerprint density at radius 1 is 1.14 bits per heavy atom. The van der Waals surface area contributed by atoms with E-state index in [1.807, 2.05) is 24.3 Å². The van der Waals surface area contributed by atoms with Crippen LogP contribution in [0.25, 0.3) is 16.3 Å². The number of benzene rings is 2. The molecule has 0 saturated carbocycles. The van der Waals surface area contributed by atoms with Crippen molar-refractivity contribution in [1.29, 1.82) is 0 Å². The summed E-state index contributed by atoms with van der Waals surface area (Å²) >= 11 is 3.20. The van der Waals surface area contributed by atoms with Gasteiger partial charge in [-0.25, -0.2) is 4.98 Å². The molecule has 0 radical (unpaired) electrons. The van der Waals surface area contributed by atoms with Gasteiger partial charge < -0.3 is 4.74 Å². The summed E-state index contributed by atoms with van der Waals surface area (Å²) in [6, 6.07) is 14.2. The summed E-state index contributed by atoms with van der Waals surface area (Å²) < 4.78 is 7.09. The summed E-state index contributed by atoms with van der Waals surface area (Å²) in [6.45, 7) is 4.13. The van der Waals surface area contributed by atoms with Crippen LogP contribution in [0.4, 0.5) is 0 Å². The molecular weight excluding hydrogens is 390 g/mol. The van der Waals surface area contributed by atoms with Crippen molar-refractivity contribution < 1.29 is 4.74 Å². The Kier molecular flexibility index (Phi) is 5.40. The first-order chi connectivity index (χ1) is 13.6. The zero-order chi connectivity index (χ0) is 19.5. The van der Waals surface area contributed by atoms with Gasteiger partial charge in [0.1, 0.15) is 10.8 Å². The number of nitrogens with zero attached hydrogens (tertiary/aromatic N) is 5. The van der Waals surface area contributed by atoms with E-state index < -0.39 is 0 Å². The molecule has 2 aromatic carbocycles. The van der Waals surface area contributed by atoms with Crippen LogP contribution >= 0.6 is 23.1 Å². The Balaban J connectivity index is 1.51. The maximum atomic E-state index is 5.30. The molecule has 4 aromatic rings. The Hall–Kier alpha value is -2.71. The lowest BCUT2D eigenvalue weighted by Crippen LogP contribution is -2.02. The summed E-state index contributed by atoms with van der Waals surface area (Å²) in [5.74, 6) is 1.53. The van der Waals surface area contributed by atoms with Crippen molar-refractivity contribution in [2.24, 2.45) is 0 Å². The van der Waals surface area contributed by atoms with Crippen LogP contribution in [-0.2, 0) is 5.75 Å². The molecule has 0 bridgehead atoms. The second-order valence-corrected chi connectivity index (χ2v) is 8.13. The molecule has 2 aromatic heterocycles. The molecule has 0 N–H and O–H groups in total. The highest BCUT2D eigenvalue weighted by molar-refractivity contribution is 7.98. The normalized spacial score (nSPS) is 11.0. The van der Waals surface area contributed by atoms with E-state index in [-0.39, 0.29) is 0 Å². The van der Waals surface area contributed by atoms with Crippen LogP contribution in [0, 0.1) is 13.8 Å². The number of ether oxygens (including phenoxy) is 1. The third kappa shape index (κ3) is 3.93. The lowest BCUT2D eigenvalue weighted by molar-refractivity contribution is 0.415. The van der Waals surface area contributed by atoms with E-state index in [1.54, 1.807) is 34.9 Å². The zero-order valence-electron chi connectivity index (χ0n) is 15.8. The van der Waals surface area contributed by atoms with E-state index in [0.717, 1.165) is 38.4 Å². The smallest absolute Gasteiger partial charge is 0.214 e. The fourth-order valence-corrected chi connectivity index (χ4v) is 4.47. The molecule has 142 valence electrons. The van der Waals surface area contributed by atoms with Gasteiger partial charge in [-0.1, -0.05) is 36.0 Å². The molecule has 6 nitrogen and oxygen atoms in total. The predicted molar refractivity (Wildman–Crippen MR) is 112 cm³/mol. The zero-order valence-corrected chi connectivity index (χ0v) is 17.4. The first-order valence-electron chi connectivity index (χ1n) is 8.71. The lowest BCUT2D eigenvalue weighted by Gasteiger charge is -2.08. The molecule has 0 aliphatic heterocycles. The summed E-state index contributed by atoms with van der Waals surface area (Å²) in [4.78, 5) is 4.75. The molecule has 2 heterocycles. The average Bonchev–Trinajstić information content (AvgIpc) is 3.37. The Labute approximate surface area is 171 Å². The number of rotatable bonds is 6. The van der Waals surface area contributed by atoms with Crippen LogP contribution < -0.4 is 4.74 Å². The largest absolute Gasteiger partial charge is 0.497 e. The quantitative estimate of drug-likeness (QED) is 0.430. The minimum absolute atomic E-state index is 0.700. The van der Waals surface area contributed by atoms with E-state index in [2.05, 4.69) is 53.0 Å². The van der Waals surface area contributed by atoms with E-state index in [9.17, 15) is 0 Å². The van der Waals surface area contributed by atoms with Crippen molar-refractivity contribution in [3.05, 3.63) is 64.7 Å². The number of tetrazole rings is 1. The topological polar surface area (TPSA) is 65.7 Å². The number of hydrogen-bond donors (Lipinski definition) is 0. The molecule has 0 amide bonds. The SMILES string of the molecule is COc1cccc(-c2nc(CSc3nnnn3-c3cc(C)ccc3C)cs2)c1. The highest BCUT2D eigenvalue weighted by Crippen LogP contribution is 2.30. The van der Waals surface area contributed by atoms with Crippen molar-refractivity contribution in [3.8, 4) is 22.0 Å². The van der Waals surface area contributed by atoms with Gasteiger partial charge in [-0.05, 0) is 53.6 Å². The van der Waals surface area contributed by atoms with Gasteiger partial charge in [0.15, 0.2) is 0 Å². The summed E-state index contributed by atoms with van der Waals surface area (Å²) in [5, 5.41) is 16.0. The molecule has 0 fully saturated rings. The van der Waals surface area contributed by atoms with Crippen molar-refractivity contribution in [1.82, 2.24) is 25.2 Å². The highest BCUT2D eigenvalue weighted by atomic mass is 32.2. The monoisotopic (exact) mass is 409 g/mol. The number of aromatic nitrogens is 5. The summed E-state index contributed by atoms with van der Waals surface area (Å²) in [7, 11) is 1.67. The van der Waals surface area contributed by atoms with Crippen LogP contribution in [0.5, 0.6) is 5.75 Å². The van der Waals surface area contributed by atoms with Crippen LogP contribution in [-0.4, -0.2) is 32.3 Å². The van der Waals surface area contributed by atoms with E-state index >= 15 is 0 Å². The highest BCUT2D eigenvalue weighted by Gasteiger charge is 2.13. The van der Waals surface area contributed by atoms with E-state index in [4.69, 9.17) is 9.72 Å². The van der Waals surface area contributed by atoms with Gasteiger partial charge >= 0.3 is 0 Å². The maximum Gasteiger partial charge on any atom is 0.214 e. The van der Waals surface area contributed by atoms with Gasteiger partial charge in [0.2, 0.25) is 5.16 Å². The Morgan fingerprint density at radius 2 is 2.04 bits per heavy atom. The van der Waals surface area contributed by atoms with Crippen LogP contribution in [0.15, 0.2) is 53.0 Å². The predicted octanol–water partition coefficient (Wildman–Crippen LogP) is 4.70. The molecule has 0 unspecified atom stereocenters. The molecule has 28 heavy (non-hydrogen) atoms. The fraction of sp³-hybridized carbons (Fsp3) is 0.200. The first kappa shape index (κ1) is 18.6. The van der Waals surface area contributed by atoms with Gasteiger partial charge in [-0.3, -0.25) is 0 Å². The molecule has 0 spiro atoms. The number of thioether (sulfide) groups is 1. The Morgan fingerprint density at radius 3 is 2.89 bits per heavy atom. The maximum absolute atomic E-state index is 5.30. The van der Waals surface area contributed by atoms with Crippen LogP contribution in [0.1, 0.15) is 16.8 Å². The Bertz CT molecular complexity index is 1110. The second-order valence-electron chi connectivity index (χ2n) is 6.33. The van der Waals surface area contributed by atoms with Gasteiger partial charge in [-0.2, -0.15) is 4.68 Å². The first-order valence-corrected chi connectivity index (χ1v) is 10.6. The number of hydrogen-bond acceptors (Lipinski definition) is 7. The van der Waals surface area contributed by atoms with Crippen molar-refractivity contribution >= 4 is 23.1 Å². The van der Waals surface area contributed by atoms with E-state index in [0.29, 0.717) is 5.75 Å². The molecular formula is C20H19N5OS2. The second kappa shape index (κ2) is 8.12. The standard InChI is InChI=1S/C20H19N5OS2/c1-13-7-8-14(2)18(9-13)25-20(22-23-24-25)28-12-16-11-27-19(21-16)15-5-4-6-17(10-15)26-3/h4-11H,12H2,1-3H3. The third-order valence-electron chi connectivity index (χ3n) is 4.25. The molecule has 0 atom stereocenters. The van der Waals surface area contributed by atoms with E-state index in [1.165, 1.54) is 5.56 Å². The van der Waals surface area contributed by atoms with Crippen molar-refractivity contribution in [2.75, 3.05) is 7.11 Å². The number of methoxy groups -OCH3 is 1. The van der Waals surface area contributed by atoms with Gasteiger partial charge in [0, 0.05) is 16.7 Å². The van der Waals surface area contributed by atoms with Crippen LogP contribution in [0.2, 0.25) is 0 Å². The van der Waals surface area contributed by atoms with Crippen molar-refractivity contribution in [3.63, 3.8) is 0 Å². The lowest BCUT2D eigenvalue weighted by atomic mass is 10.1. The van der Waals surface area contributed by atoms with Crippen LogP contribution in [0.3, 0.4) is 0 Å². The number of thiazole rings is 1. The summed E-state index contributed by atoms with van der Waals surface area (Å²) in [5.41, 5.74) is 5.37. The van der Waals surface area contributed by atoms with Gasteiger partial charge in [0.25, 0.3) is 0 Å². The molecule has 0 aliphatic carbocycles. The minimum atomic E-state index is 0.700. The fourth-order valence-electron chi connectivity index (χ4n) is 2.77. The molecule has 4 rings (SSSR count). The van der Waals surface area contributed by atoms with Crippen molar-refractivity contribution in [2.45, 2.75) is 24.8 Å². The molecule has 8 heteroatoms. The van der Waals surface area contributed by atoms with Gasteiger partial charge in [-0.15, -0.1) is 16.4 Å².